The lowest BCUT2D eigenvalue weighted by Gasteiger charge is -2.04. The van der Waals surface area contributed by atoms with Crippen molar-refractivity contribution in [1.82, 2.24) is 9.97 Å². The van der Waals surface area contributed by atoms with Gasteiger partial charge >= 0.3 is 0 Å². The van der Waals surface area contributed by atoms with Crippen molar-refractivity contribution in [3.05, 3.63) is 59.2 Å². The molecular formula is C15H9FN4O. The number of halogens is 1. The molecule has 5 nitrogen and oxygen atoms in total. The second-order valence-corrected chi connectivity index (χ2v) is 4.43. The van der Waals surface area contributed by atoms with Crippen LogP contribution in [0.2, 0.25) is 0 Å². The second kappa shape index (κ2) is 4.72. The summed E-state index contributed by atoms with van der Waals surface area (Å²) in [5.41, 5.74) is 6.15. The minimum atomic E-state index is -0.765. The highest BCUT2D eigenvalue weighted by molar-refractivity contribution is 6.17. The highest BCUT2D eigenvalue weighted by atomic mass is 19.1. The first-order valence-corrected chi connectivity index (χ1v) is 6.08. The van der Waals surface area contributed by atoms with Crippen LogP contribution in [0.15, 0.2) is 36.7 Å². The van der Waals surface area contributed by atoms with Crippen LogP contribution in [0.1, 0.15) is 21.5 Å². The Balaban J connectivity index is 2.24. The molecule has 0 radical (unpaired) electrons. The van der Waals surface area contributed by atoms with E-state index in [0.717, 1.165) is 0 Å². The molecule has 3 N–H and O–H groups in total. The van der Waals surface area contributed by atoms with Crippen LogP contribution in [0.25, 0.3) is 11.0 Å². The number of nitrogen functional groups attached to an aromatic ring is 1. The van der Waals surface area contributed by atoms with E-state index in [0.29, 0.717) is 16.6 Å². The number of H-pyrrole nitrogens is 1. The SMILES string of the molecule is N#Cc1ccnc2[nH]cc(C(=O)c3cccc(N)c3F)c12. The van der Waals surface area contributed by atoms with Gasteiger partial charge in [-0.1, -0.05) is 6.07 Å². The fourth-order valence-corrected chi connectivity index (χ4v) is 2.20. The van der Waals surface area contributed by atoms with Crippen molar-refractivity contribution in [2.45, 2.75) is 0 Å². The zero-order valence-corrected chi connectivity index (χ0v) is 10.7. The first-order valence-electron chi connectivity index (χ1n) is 6.08. The molecule has 102 valence electrons. The first kappa shape index (κ1) is 12.8. The van der Waals surface area contributed by atoms with Crippen LogP contribution in [-0.2, 0) is 0 Å². The van der Waals surface area contributed by atoms with Gasteiger partial charge in [0.05, 0.1) is 28.4 Å². The van der Waals surface area contributed by atoms with Crippen molar-refractivity contribution < 1.29 is 9.18 Å². The molecule has 0 aliphatic carbocycles. The molecule has 0 spiro atoms. The topological polar surface area (TPSA) is 95.6 Å². The molecule has 0 amide bonds. The van der Waals surface area contributed by atoms with E-state index >= 15 is 0 Å². The van der Waals surface area contributed by atoms with E-state index in [1.807, 2.05) is 6.07 Å². The van der Waals surface area contributed by atoms with Gasteiger partial charge < -0.3 is 10.7 Å². The summed E-state index contributed by atoms with van der Waals surface area (Å²) >= 11 is 0. The van der Waals surface area contributed by atoms with Crippen molar-refractivity contribution in [1.29, 1.82) is 5.26 Å². The minimum Gasteiger partial charge on any atom is -0.396 e. The van der Waals surface area contributed by atoms with E-state index in [-0.39, 0.29) is 16.8 Å². The second-order valence-electron chi connectivity index (χ2n) is 4.43. The Morgan fingerprint density at radius 1 is 1.33 bits per heavy atom. The molecule has 1 aromatic carbocycles. The number of fused-ring (bicyclic) bond motifs is 1. The summed E-state index contributed by atoms with van der Waals surface area (Å²) < 4.78 is 14.0. The Bertz CT molecular complexity index is 908. The Labute approximate surface area is 118 Å². The quantitative estimate of drug-likeness (QED) is 0.556. The Morgan fingerprint density at radius 2 is 2.14 bits per heavy atom. The molecule has 21 heavy (non-hydrogen) atoms. The van der Waals surface area contributed by atoms with Gasteiger partial charge in [0.25, 0.3) is 0 Å². The molecule has 0 aliphatic heterocycles. The summed E-state index contributed by atoms with van der Waals surface area (Å²) in [6, 6.07) is 7.74. The molecule has 0 fully saturated rings. The number of nitrogens with two attached hydrogens (primary N) is 1. The third-order valence-corrected chi connectivity index (χ3v) is 3.21. The number of nitrogens with zero attached hydrogens (tertiary/aromatic N) is 2. The monoisotopic (exact) mass is 280 g/mol. The number of aromatic amines is 1. The number of hydrogen-bond donors (Lipinski definition) is 2. The standard InChI is InChI=1S/C15H9FN4O/c16-13-9(2-1-3-11(13)18)14(21)10-7-20-15-12(10)8(6-17)4-5-19-15/h1-5,7H,18H2,(H,19,20). The minimum absolute atomic E-state index is 0.0978. The largest absolute Gasteiger partial charge is 0.396 e. The molecule has 0 bridgehead atoms. The zero-order valence-electron chi connectivity index (χ0n) is 10.7. The summed E-state index contributed by atoms with van der Waals surface area (Å²) in [6.45, 7) is 0. The van der Waals surface area contributed by atoms with Crippen LogP contribution < -0.4 is 5.73 Å². The first-order chi connectivity index (χ1) is 10.1. The van der Waals surface area contributed by atoms with Crippen molar-refractivity contribution in [2.75, 3.05) is 5.73 Å². The maximum atomic E-state index is 14.0. The zero-order chi connectivity index (χ0) is 15.0. The number of nitrogens with one attached hydrogen (secondary N) is 1. The van der Waals surface area contributed by atoms with Crippen molar-refractivity contribution in [2.24, 2.45) is 0 Å². The highest BCUT2D eigenvalue weighted by Gasteiger charge is 2.21. The number of ketones is 1. The lowest BCUT2D eigenvalue weighted by Crippen LogP contribution is -2.06. The normalized spacial score (nSPS) is 10.5. The molecule has 3 aromatic rings. The lowest BCUT2D eigenvalue weighted by molar-refractivity contribution is 0.103. The summed E-state index contributed by atoms with van der Waals surface area (Å²) in [5.74, 6) is -1.31. The van der Waals surface area contributed by atoms with Gasteiger partial charge in [-0.2, -0.15) is 5.26 Å². The number of rotatable bonds is 2. The smallest absolute Gasteiger partial charge is 0.198 e. The van der Waals surface area contributed by atoms with E-state index in [1.54, 1.807) is 0 Å². The fourth-order valence-electron chi connectivity index (χ4n) is 2.20. The Hall–Kier alpha value is -3.20. The van der Waals surface area contributed by atoms with Gasteiger partial charge in [-0.15, -0.1) is 0 Å². The van der Waals surface area contributed by atoms with Crippen LogP contribution in [-0.4, -0.2) is 15.8 Å². The van der Waals surface area contributed by atoms with E-state index in [2.05, 4.69) is 9.97 Å². The summed E-state index contributed by atoms with van der Waals surface area (Å²) in [5, 5.41) is 9.51. The number of anilines is 1. The average Bonchev–Trinajstić information content (AvgIpc) is 2.93. The molecule has 6 heteroatoms. The third kappa shape index (κ3) is 1.92. The molecule has 0 atom stereocenters. The van der Waals surface area contributed by atoms with E-state index < -0.39 is 11.6 Å². The lowest BCUT2D eigenvalue weighted by atomic mass is 10.0. The van der Waals surface area contributed by atoms with Gasteiger partial charge in [-0.05, 0) is 18.2 Å². The van der Waals surface area contributed by atoms with Crippen LogP contribution in [0.5, 0.6) is 0 Å². The average molecular weight is 280 g/mol. The molecule has 2 heterocycles. The fraction of sp³-hybridized carbons (Fsp3) is 0. The maximum Gasteiger partial charge on any atom is 0.198 e. The number of aromatic nitrogens is 2. The number of carbonyl (C=O) groups excluding carboxylic acids is 1. The summed E-state index contributed by atoms with van der Waals surface area (Å²) in [6.07, 6.45) is 2.89. The highest BCUT2D eigenvalue weighted by Crippen LogP contribution is 2.25. The van der Waals surface area contributed by atoms with Crippen LogP contribution in [0.3, 0.4) is 0 Å². The molecular weight excluding hydrogens is 271 g/mol. The maximum absolute atomic E-state index is 14.0. The van der Waals surface area contributed by atoms with E-state index in [4.69, 9.17) is 11.0 Å². The van der Waals surface area contributed by atoms with Crippen molar-refractivity contribution >= 4 is 22.5 Å². The van der Waals surface area contributed by atoms with Crippen LogP contribution in [0.4, 0.5) is 10.1 Å². The number of pyridine rings is 1. The van der Waals surface area contributed by atoms with E-state index in [1.165, 1.54) is 36.7 Å². The summed E-state index contributed by atoms with van der Waals surface area (Å²) in [4.78, 5) is 19.4. The Kier molecular flexibility index (Phi) is 2.88. The van der Waals surface area contributed by atoms with Gasteiger partial charge in [0, 0.05) is 17.8 Å². The number of carbonyl (C=O) groups is 1. The number of hydrogen-bond acceptors (Lipinski definition) is 4. The third-order valence-electron chi connectivity index (χ3n) is 3.21. The van der Waals surface area contributed by atoms with Gasteiger partial charge in [0.2, 0.25) is 0 Å². The molecule has 2 aromatic heterocycles. The number of benzene rings is 1. The molecule has 0 aliphatic rings. The predicted molar refractivity (Wildman–Crippen MR) is 75.1 cm³/mol. The van der Waals surface area contributed by atoms with Crippen molar-refractivity contribution in [3.8, 4) is 6.07 Å². The molecule has 3 rings (SSSR count). The molecule has 0 saturated heterocycles. The summed E-state index contributed by atoms with van der Waals surface area (Å²) in [7, 11) is 0. The van der Waals surface area contributed by atoms with Gasteiger partial charge in [0.1, 0.15) is 5.65 Å². The van der Waals surface area contributed by atoms with Crippen molar-refractivity contribution in [3.63, 3.8) is 0 Å². The van der Waals surface area contributed by atoms with Crippen LogP contribution in [0, 0.1) is 17.1 Å². The van der Waals surface area contributed by atoms with Gasteiger partial charge in [0.15, 0.2) is 11.6 Å². The Morgan fingerprint density at radius 3 is 2.90 bits per heavy atom. The van der Waals surface area contributed by atoms with Crippen LogP contribution >= 0.6 is 0 Å². The van der Waals surface area contributed by atoms with Gasteiger partial charge in [-0.25, -0.2) is 9.37 Å². The molecule has 0 unspecified atom stereocenters. The molecule has 0 saturated carbocycles. The van der Waals surface area contributed by atoms with E-state index in [9.17, 15) is 9.18 Å². The van der Waals surface area contributed by atoms with Gasteiger partial charge in [-0.3, -0.25) is 4.79 Å². The predicted octanol–water partition coefficient (Wildman–Crippen LogP) is 2.39. The number of nitriles is 1.